The maximum Gasteiger partial charge on any atom is 0.0537 e. The fourth-order valence-corrected chi connectivity index (χ4v) is 4.21. The highest BCUT2D eigenvalue weighted by Gasteiger charge is 2.42. The standard InChI is InChI=1S/C17H31N3/c1-5-10-20-13-15(12-19-20)16(18-4)17(11-14(2)3)8-6-7-9-17/h12-14,16,18H,5-11H2,1-4H3. The quantitative estimate of drug-likeness (QED) is 0.811. The maximum atomic E-state index is 4.53. The summed E-state index contributed by atoms with van der Waals surface area (Å²) in [6.45, 7) is 7.93. The highest BCUT2D eigenvalue weighted by molar-refractivity contribution is 5.16. The largest absolute Gasteiger partial charge is 0.312 e. The van der Waals surface area contributed by atoms with E-state index >= 15 is 0 Å². The van der Waals surface area contributed by atoms with Crippen LogP contribution in [0.3, 0.4) is 0 Å². The van der Waals surface area contributed by atoms with Gasteiger partial charge in [0.2, 0.25) is 0 Å². The summed E-state index contributed by atoms with van der Waals surface area (Å²) in [4.78, 5) is 0. The number of aryl methyl sites for hydroxylation is 1. The molecule has 3 nitrogen and oxygen atoms in total. The second-order valence-electron chi connectivity index (χ2n) is 6.93. The van der Waals surface area contributed by atoms with Gasteiger partial charge in [-0.25, -0.2) is 0 Å². The molecule has 1 fully saturated rings. The number of rotatable bonds is 7. The lowest BCUT2D eigenvalue weighted by molar-refractivity contribution is 0.161. The lowest BCUT2D eigenvalue weighted by atomic mass is 9.71. The van der Waals surface area contributed by atoms with E-state index in [2.05, 4.69) is 55.3 Å². The Morgan fingerprint density at radius 3 is 2.60 bits per heavy atom. The average molecular weight is 277 g/mol. The van der Waals surface area contributed by atoms with Gasteiger partial charge < -0.3 is 5.32 Å². The van der Waals surface area contributed by atoms with Gasteiger partial charge in [-0.3, -0.25) is 4.68 Å². The molecule has 1 heterocycles. The van der Waals surface area contributed by atoms with Crippen molar-refractivity contribution >= 4 is 0 Å². The monoisotopic (exact) mass is 277 g/mol. The van der Waals surface area contributed by atoms with Crippen molar-refractivity contribution in [3.8, 4) is 0 Å². The first kappa shape index (κ1) is 15.6. The highest BCUT2D eigenvalue weighted by Crippen LogP contribution is 2.51. The third kappa shape index (κ3) is 3.25. The zero-order valence-electron chi connectivity index (χ0n) is 13.7. The van der Waals surface area contributed by atoms with Gasteiger partial charge in [0.1, 0.15) is 0 Å². The van der Waals surface area contributed by atoms with E-state index in [1.807, 2.05) is 0 Å². The van der Waals surface area contributed by atoms with Crippen LogP contribution in [0.1, 0.15) is 70.9 Å². The number of nitrogens with zero attached hydrogens (tertiary/aromatic N) is 2. The first-order chi connectivity index (χ1) is 9.61. The van der Waals surface area contributed by atoms with E-state index in [-0.39, 0.29) is 0 Å². The Bertz CT molecular complexity index is 402. The Labute approximate surface area is 124 Å². The van der Waals surface area contributed by atoms with Crippen LogP contribution in [-0.4, -0.2) is 16.8 Å². The molecule has 1 atom stereocenters. The molecule has 1 unspecified atom stereocenters. The summed E-state index contributed by atoms with van der Waals surface area (Å²) < 4.78 is 2.09. The molecule has 0 saturated heterocycles. The minimum absolute atomic E-state index is 0.434. The molecule has 1 N–H and O–H groups in total. The Hall–Kier alpha value is -0.830. The number of nitrogens with one attached hydrogen (secondary N) is 1. The molecular weight excluding hydrogens is 246 g/mol. The second kappa shape index (κ2) is 6.75. The normalized spacial score (nSPS) is 19.6. The highest BCUT2D eigenvalue weighted by atomic mass is 15.3. The lowest BCUT2D eigenvalue weighted by Gasteiger charge is -2.38. The molecule has 0 amide bonds. The van der Waals surface area contributed by atoms with Gasteiger partial charge in [-0.2, -0.15) is 5.10 Å². The molecule has 0 radical (unpaired) electrons. The van der Waals surface area contributed by atoms with E-state index in [0.29, 0.717) is 11.5 Å². The minimum atomic E-state index is 0.434. The third-order valence-corrected chi connectivity index (χ3v) is 4.75. The second-order valence-corrected chi connectivity index (χ2v) is 6.93. The smallest absolute Gasteiger partial charge is 0.0537 e. The van der Waals surface area contributed by atoms with Gasteiger partial charge in [0.05, 0.1) is 6.20 Å². The van der Waals surface area contributed by atoms with Gasteiger partial charge in [0.15, 0.2) is 0 Å². The van der Waals surface area contributed by atoms with Gasteiger partial charge >= 0.3 is 0 Å². The number of hydrogen-bond acceptors (Lipinski definition) is 2. The lowest BCUT2D eigenvalue weighted by Crippen LogP contribution is -2.35. The van der Waals surface area contributed by atoms with E-state index in [1.165, 1.54) is 37.7 Å². The van der Waals surface area contributed by atoms with Crippen LogP contribution in [0.4, 0.5) is 0 Å². The molecule has 20 heavy (non-hydrogen) atoms. The third-order valence-electron chi connectivity index (χ3n) is 4.75. The molecule has 1 aromatic heterocycles. The van der Waals surface area contributed by atoms with Crippen molar-refractivity contribution in [2.45, 2.75) is 71.9 Å². The van der Waals surface area contributed by atoms with Gasteiger partial charge in [0, 0.05) is 24.3 Å². The summed E-state index contributed by atoms with van der Waals surface area (Å²) in [5.74, 6) is 0.759. The number of aromatic nitrogens is 2. The Balaban J connectivity index is 2.23. The predicted octanol–water partition coefficient (Wildman–Crippen LogP) is 4.16. The van der Waals surface area contributed by atoms with Gasteiger partial charge in [-0.1, -0.05) is 33.6 Å². The molecule has 2 rings (SSSR count). The van der Waals surface area contributed by atoms with E-state index in [0.717, 1.165) is 18.9 Å². The summed E-state index contributed by atoms with van der Waals surface area (Å²) in [6.07, 6.45) is 12.3. The van der Waals surface area contributed by atoms with Gasteiger partial charge in [0.25, 0.3) is 0 Å². The molecule has 0 aromatic carbocycles. The zero-order chi connectivity index (χ0) is 14.6. The SMILES string of the molecule is CCCn1cc(C(NC)C2(CC(C)C)CCCC2)cn1. The van der Waals surface area contributed by atoms with Crippen LogP contribution < -0.4 is 5.32 Å². The molecule has 0 spiro atoms. The van der Waals surface area contributed by atoms with E-state index < -0.39 is 0 Å². The molecule has 1 aliphatic carbocycles. The van der Waals surface area contributed by atoms with Crippen LogP contribution in [0.5, 0.6) is 0 Å². The molecule has 0 aliphatic heterocycles. The summed E-state index contributed by atoms with van der Waals surface area (Å²) in [7, 11) is 2.11. The first-order valence-corrected chi connectivity index (χ1v) is 8.31. The Morgan fingerprint density at radius 2 is 2.05 bits per heavy atom. The maximum absolute atomic E-state index is 4.53. The molecular formula is C17H31N3. The first-order valence-electron chi connectivity index (χ1n) is 8.31. The summed E-state index contributed by atoms with van der Waals surface area (Å²) >= 11 is 0. The Kier molecular flexibility index (Phi) is 5.25. The van der Waals surface area contributed by atoms with E-state index in [9.17, 15) is 0 Å². The number of hydrogen-bond donors (Lipinski definition) is 1. The van der Waals surface area contributed by atoms with Crippen LogP contribution in [0.15, 0.2) is 12.4 Å². The molecule has 1 aliphatic rings. The van der Waals surface area contributed by atoms with Gasteiger partial charge in [-0.05, 0) is 44.1 Å². The summed E-state index contributed by atoms with van der Waals surface area (Å²) in [5, 5.41) is 8.14. The molecule has 1 saturated carbocycles. The fraction of sp³-hybridized carbons (Fsp3) is 0.824. The van der Waals surface area contributed by atoms with Crippen molar-refractivity contribution in [2.75, 3.05) is 7.05 Å². The predicted molar refractivity (Wildman–Crippen MR) is 84.7 cm³/mol. The van der Waals surface area contributed by atoms with Crippen molar-refractivity contribution in [1.82, 2.24) is 15.1 Å². The molecule has 0 bridgehead atoms. The minimum Gasteiger partial charge on any atom is -0.312 e. The van der Waals surface area contributed by atoms with Crippen LogP contribution >= 0.6 is 0 Å². The van der Waals surface area contributed by atoms with Gasteiger partial charge in [-0.15, -0.1) is 0 Å². The van der Waals surface area contributed by atoms with Crippen LogP contribution in [0, 0.1) is 11.3 Å². The van der Waals surface area contributed by atoms with Crippen LogP contribution in [0.25, 0.3) is 0 Å². The molecule has 1 aromatic rings. The van der Waals surface area contributed by atoms with E-state index in [4.69, 9.17) is 0 Å². The van der Waals surface area contributed by atoms with Crippen molar-refractivity contribution in [3.63, 3.8) is 0 Å². The average Bonchev–Trinajstić information content (AvgIpc) is 3.01. The van der Waals surface area contributed by atoms with Crippen LogP contribution in [-0.2, 0) is 6.54 Å². The Morgan fingerprint density at radius 1 is 1.35 bits per heavy atom. The summed E-state index contributed by atoms with van der Waals surface area (Å²) in [5.41, 5.74) is 1.81. The molecule has 3 heteroatoms. The van der Waals surface area contributed by atoms with E-state index in [1.54, 1.807) is 0 Å². The summed E-state index contributed by atoms with van der Waals surface area (Å²) in [6, 6.07) is 0.456. The topological polar surface area (TPSA) is 29.9 Å². The van der Waals surface area contributed by atoms with Crippen molar-refractivity contribution in [2.24, 2.45) is 11.3 Å². The van der Waals surface area contributed by atoms with Crippen molar-refractivity contribution in [3.05, 3.63) is 18.0 Å². The molecule has 114 valence electrons. The fourth-order valence-electron chi connectivity index (χ4n) is 4.21. The van der Waals surface area contributed by atoms with Crippen LogP contribution in [0.2, 0.25) is 0 Å². The van der Waals surface area contributed by atoms with Crippen molar-refractivity contribution in [1.29, 1.82) is 0 Å². The van der Waals surface area contributed by atoms with Crippen molar-refractivity contribution < 1.29 is 0 Å². The zero-order valence-corrected chi connectivity index (χ0v) is 13.7.